The molecule has 1 atom stereocenters. The maximum atomic E-state index is 12.7. The fourth-order valence-corrected chi connectivity index (χ4v) is 3.58. The molecule has 0 saturated carbocycles. The molecule has 1 aliphatic heterocycles. The van der Waals surface area contributed by atoms with Crippen LogP contribution in [0.2, 0.25) is 0 Å². The number of nitrogens with zero attached hydrogens (tertiary/aromatic N) is 1. The van der Waals surface area contributed by atoms with Crippen molar-refractivity contribution in [3.63, 3.8) is 0 Å². The van der Waals surface area contributed by atoms with E-state index in [4.69, 9.17) is 0 Å². The number of hydrogen-bond acceptors (Lipinski definition) is 5. The van der Waals surface area contributed by atoms with E-state index in [1.165, 1.54) is 7.11 Å². The van der Waals surface area contributed by atoms with Gasteiger partial charge in [0.05, 0.1) is 19.4 Å². The third-order valence-electron chi connectivity index (χ3n) is 5.38. The Morgan fingerprint density at radius 3 is 2.44 bits per heavy atom. The number of benzene rings is 2. The first kappa shape index (κ1) is 23.0. The average molecular weight is 437 g/mol. The van der Waals surface area contributed by atoms with Gasteiger partial charge in [0.2, 0.25) is 11.8 Å². The number of ether oxygens (including phenoxy) is 1. The number of likely N-dealkylation sites (tertiary alicyclic amines) is 1. The van der Waals surface area contributed by atoms with Crippen LogP contribution in [0.4, 0.5) is 5.69 Å². The Hall–Kier alpha value is -3.68. The van der Waals surface area contributed by atoms with Crippen LogP contribution in [0.15, 0.2) is 54.6 Å². The van der Waals surface area contributed by atoms with Crippen molar-refractivity contribution in [2.24, 2.45) is 5.92 Å². The van der Waals surface area contributed by atoms with E-state index in [0.717, 1.165) is 18.4 Å². The molecule has 1 unspecified atom stereocenters. The van der Waals surface area contributed by atoms with Crippen LogP contribution in [-0.4, -0.2) is 55.3 Å². The van der Waals surface area contributed by atoms with Crippen LogP contribution in [0, 0.1) is 5.92 Å². The summed E-state index contributed by atoms with van der Waals surface area (Å²) in [6, 6.07) is 16.0. The number of esters is 1. The Balaban J connectivity index is 1.52. The minimum Gasteiger partial charge on any atom is -0.468 e. The molecule has 1 fully saturated rings. The molecular formula is C24H27N3O5. The molecule has 1 saturated heterocycles. The fraction of sp³-hybridized carbons (Fsp3) is 0.333. The smallest absolute Gasteiger partial charge is 0.325 e. The first-order valence-corrected chi connectivity index (χ1v) is 10.5. The zero-order valence-corrected chi connectivity index (χ0v) is 18.0. The highest BCUT2D eigenvalue weighted by molar-refractivity contribution is 5.97. The van der Waals surface area contributed by atoms with Crippen LogP contribution < -0.4 is 10.6 Å². The third kappa shape index (κ3) is 6.41. The van der Waals surface area contributed by atoms with Crippen molar-refractivity contribution in [3.05, 3.63) is 65.7 Å². The number of rotatable bonds is 7. The van der Waals surface area contributed by atoms with E-state index < -0.39 is 11.9 Å². The standard InChI is InChI=1S/C24H27N3O5/c1-32-22(29)15-25-23(30)18-9-11-20(12-10-18)26-24(31)19-8-5-13-27(16-19)21(28)14-17-6-3-2-4-7-17/h2-4,6-7,9-12,19H,5,8,13-16H2,1H3,(H,25,30)(H,26,31). The molecule has 2 N–H and O–H groups in total. The van der Waals surface area contributed by atoms with Gasteiger partial charge in [0, 0.05) is 24.3 Å². The van der Waals surface area contributed by atoms with Gasteiger partial charge >= 0.3 is 5.97 Å². The van der Waals surface area contributed by atoms with Gasteiger partial charge in [-0.15, -0.1) is 0 Å². The molecule has 2 aromatic carbocycles. The molecule has 0 bridgehead atoms. The molecule has 0 aromatic heterocycles. The first-order valence-electron chi connectivity index (χ1n) is 10.5. The lowest BCUT2D eigenvalue weighted by Gasteiger charge is -2.32. The van der Waals surface area contributed by atoms with Crippen LogP contribution in [0.25, 0.3) is 0 Å². The molecule has 8 nitrogen and oxygen atoms in total. The lowest BCUT2D eigenvalue weighted by Crippen LogP contribution is -2.44. The van der Waals surface area contributed by atoms with Crippen LogP contribution in [-0.2, 0) is 25.5 Å². The molecule has 0 spiro atoms. The van der Waals surface area contributed by atoms with E-state index in [1.807, 2.05) is 30.3 Å². The highest BCUT2D eigenvalue weighted by Gasteiger charge is 2.28. The summed E-state index contributed by atoms with van der Waals surface area (Å²) in [6.45, 7) is 0.839. The number of anilines is 1. The Morgan fingerprint density at radius 1 is 1.03 bits per heavy atom. The second-order valence-electron chi connectivity index (χ2n) is 7.67. The SMILES string of the molecule is COC(=O)CNC(=O)c1ccc(NC(=O)C2CCCN(C(=O)Cc3ccccc3)C2)cc1. The summed E-state index contributed by atoms with van der Waals surface area (Å²) in [7, 11) is 1.25. The Bertz CT molecular complexity index is 959. The van der Waals surface area contributed by atoms with Crippen molar-refractivity contribution in [2.75, 3.05) is 32.1 Å². The quantitative estimate of drug-likeness (QED) is 0.645. The highest BCUT2D eigenvalue weighted by atomic mass is 16.5. The number of hydrogen-bond donors (Lipinski definition) is 2. The topological polar surface area (TPSA) is 105 Å². The van der Waals surface area contributed by atoms with E-state index in [9.17, 15) is 19.2 Å². The second kappa shape index (κ2) is 11.1. The van der Waals surface area contributed by atoms with Gasteiger partial charge in [-0.1, -0.05) is 30.3 Å². The van der Waals surface area contributed by atoms with Crippen molar-refractivity contribution in [2.45, 2.75) is 19.3 Å². The third-order valence-corrected chi connectivity index (χ3v) is 5.38. The van der Waals surface area contributed by atoms with Gasteiger partial charge in [-0.2, -0.15) is 0 Å². The molecule has 1 heterocycles. The maximum Gasteiger partial charge on any atom is 0.325 e. The molecule has 0 aliphatic carbocycles. The predicted molar refractivity (Wildman–Crippen MR) is 119 cm³/mol. The van der Waals surface area contributed by atoms with Gasteiger partial charge in [-0.05, 0) is 42.7 Å². The predicted octanol–water partition coefficient (Wildman–Crippen LogP) is 2.01. The van der Waals surface area contributed by atoms with Crippen LogP contribution in [0.1, 0.15) is 28.8 Å². The largest absolute Gasteiger partial charge is 0.468 e. The van der Waals surface area contributed by atoms with E-state index >= 15 is 0 Å². The van der Waals surface area contributed by atoms with Crippen molar-refractivity contribution in [1.82, 2.24) is 10.2 Å². The molecule has 168 valence electrons. The summed E-state index contributed by atoms with van der Waals surface area (Å²) in [5.41, 5.74) is 1.88. The fourth-order valence-electron chi connectivity index (χ4n) is 3.58. The van der Waals surface area contributed by atoms with Gasteiger partial charge in [-0.25, -0.2) is 0 Å². The minimum absolute atomic E-state index is 0.0241. The number of carbonyl (C=O) groups is 4. The first-order chi connectivity index (χ1) is 15.5. The summed E-state index contributed by atoms with van der Waals surface area (Å²) in [5, 5.41) is 5.32. The number of nitrogens with one attached hydrogen (secondary N) is 2. The van der Waals surface area contributed by atoms with Gasteiger partial charge in [0.25, 0.3) is 5.91 Å². The van der Waals surface area contributed by atoms with E-state index in [-0.39, 0.29) is 24.3 Å². The lowest BCUT2D eigenvalue weighted by molar-refractivity contribution is -0.139. The number of carbonyl (C=O) groups excluding carboxylic acids is 4. The van der Waals surface area contributed by atoms with Gasteiger partial charge < -0.3 is 20.3 Å². The number of amides is 3. The van der Waals surface area contributed by atoms with Crippen LogP contribution >= 0.6 is 0 Å². The van der Waals surface area contributed by atoms with Crippen molar-refractivity contribution in [1.29, 1.82) is 0 Å². The van der Waals surface area contributed by atoms with Gasteiger partial charge in [-0.3, -0.25) is 19.2 Å². The van der Waals surface area contributed by atoms with E-state index in [1.54, 1.807) is 29.2 Å². The lowest BCUT2D eigenvalue weighted by atomic mass is 9.96. The Kier molecular flexibility index (Phi) is 7.96. The Morgan fingerprint density at radius 2 is 1.75 bits per heavy atom. The van der Waals surface area contributed by atoms with Crippen LogP contribution in [0.5, 0.6) is 0 Å². The zero-order valence-electron chi connectivity index (χ0n) is 18.0. The van der Waals surface area contributed by atoms with Gasteiger partial charge in [0.15, 0.2) is 0 Å². The minimum atomic E-state index is -0.536. The molecule has 32 heavy (non-hydrogen) atoms. The number of piperidine rings is 1. The molecule has 2 aromatic rings. The zero-order chi connectivity index (χ0) is 22.9. The van der Waals surface area contributed by atoms with E-state index in [0.29, 0.717) is 30.8 Å². The molecule has 3 rings (SSSR count). The van der Waals surface area contributed by atoms with Crippen molar-refractivity contribution in [3.8, 4) is 0 Å². The summed E-state index contributed by atoms with van der Waals surface area (Å²) in [6.07, 6.45) is 1.82. The van der Waals surface area contributed by atoms with Crippen molar-refractivity contribution < 1.29 is 23.9 Å². The molecule has 0 radical (unpaired) electrons. The highest BCUT2D eigenvalue weighted by Crippen LogP contribution is 2.20. The molecular weight excluding hydrogens is 410 g/mol. The monoisotopic (exact) mass is 437 g/mol. The Labute approximate surface area is 186 Å². The molecule has 3 amide bonds. The summed E-state index contributed by atoms with van der Waals surface area (Å²) < 4.78 is 4.48. The summed E-state index contributed by atoms with van der Waals surface area (Å²) in [5.74, 6) is -1.35. The van der Waals surface area contributed by atoms with Crippen LogP contribution in [0.3, 0.4) is 0 Å². The summed E-state index contributed by atoms with van der Waals surface area (Å²) >= 11 is 0. The molecule has 8 heteroatoms. The normalized spacial score (nSPS) is 15.5. The van der Waals surface area contributed by atoms with Gasteiger partial charge in [0.1, 0.15) is 6.54 Å². The maximum absolute atomic E-state index is 12.7. The molecule has 1 aliphatic rings. The average Bonchev–Trinajstić information content (AvgIpc) is 2.83. The number of methoxy groups -OCH3 is 1. The van der Waals surface area contributed by atoms with Crippen molar-refractivity contribution >= 4 is 29.4 Å². The second-order valence-corrected chi connectivity index (χ2v) is 7.67. The summed E-state index contributed by atoms with van der Waals surface area (Å²) in [4.78, 5) is 50.3. The van der Waals surface area contributed by atoms with E-state index in [2.05, 4.69) is 15.4 Å².